The van der Waals surface area contributed by atoms with Crippen molar-refractivity contribution < 1.29 is 23.9 Å². The molecular weight excluding hydrogens is 438 g/mol. The number of aliphatic imine (C=N–C) groups is 1. The van der Waals surface area contributed by atoms with Crippen molar-refractivity contribution in [2.24, 2.45) is 34.2 Å². The minimum absolute atomic E-state index is 0.00956. The summed E-state index contributed by atoms with van der Waals surface area (Å²) >= 11 is 0. The van der Waals surface area contributed by atoms with Gasteiger partial charge in [-0.15, -0.1) is 0 Å². The number of carbonyl (C=O) groups excluding carboxylic acids is 4. The third-order valence-electron chi connectivity index (χ3n) is 5.72. The van der Waals surface area contributed by atoms with Gasteiger partial charge in [0.2, 0.25) is 11.8 Å². The number of epoxide rings is 1. The van der Waals surface area contributed by atoms with Gasteiger partial charge in [0.25, 0.3) is 0 Å². The summed E-state index contributed by atoms with van der Waals surface area (Å²) in [4.78, 5) is 54.8. The summed E-state index contributed by atoms with van der Waals surface area (Å²) in [6.45, 7) is 11.6. The minimum Gasteiger partial charge on any atom is -0.370 e. The lowest BCUT2D eigenvalue weighted by Crippen LogP contribution is -2.49. The van der Waals surface area contributed by atoms with E-state index in [1.54, 1.807) is 6.92 Å². The molecule has 0 aromatic rings. The molecule has 1 aliphatic heterocycles. The lowest BCUT2D eigenvalue weighted by Gasteiger charge is -2.25. The number of amides is 2. The number of nitrogens with two attached hydrogens (primary N) is 2. The van der Waals surface area contributed by atoms with Crippen LogP contribution >= 0.6 is 0 Å². The smallest absolute Gasteiger partial charge is 0.224 e. The second-order valence-electron chi connectivity index (χ2n) is 10.3. The van der Waals surface area contributed by atoms with Crippen LogP contribution in [0.15, 0.2) is 4.99 Å². The molecule has 0 unspecified atom stereocenters. The fourth-order valence-corrected chi connectivity index (χ4v) is 3.91. The van der Waals surface area contributed by atoms with Crippen molar-refractivity contribution in [1.82, 2.24) is 10.6 Å². The first-order valence-corrected chi connectivity index (χ1v) is 12.1. The topological polar surface area (TPSA) is 169 Å². The highest BCUT2D eigenvalue weighted by molar-refractivity contribution is 5.98. The first kappa shape index (κ1) is 29.5. The fraction of sp³-hybridized carbons (Fsp3) is 0.792. The Kier molecular flexibility index (Phi) is 11.7. The molecule has 1 aliphatic rings. The number of guanidine groups is 1. The van der Waals surface area contributed by atoms with Gasteiger partial charge in [-0.1, -0.05) is 27.7 Å². The SMILES string of the molecule is CC(=O)N[C@@H](CC(C)C)C(=O)C[C@@H](CC(C)C)C(=O)N[C@@H](CCCN=C(N)N)C(=O)[C@@]1(C)CO1. The van der Waals surface area contributed by atoms with Crippen LogP contribution in [-0.4, -0.2) is 60.2 Å². The molecule has 1 heterocycles. The molecule has 6 N–H and O–H groups in total. The molecule has 194 valence electrons. The molecule has 0 saturated carbocycles. The molecule has 0 bridgehead atoms. The van der Waals surface area contributed by atoms with E-state index < -0.39 is 23.6 Å². The van der Waals surface area contributed by atoms with Gasteiger partial charge in [-0.25, -0.2) is 0 Å². The number of carbonyl (C=O) groups is 4. The molecule has 2 amide bonds. The average molecular weight is 482 g/mol. The van der Waals surface area contributed by atoms with Crippen molar-refractivity contribution in [2.45, 2.75) is 91.3 Å². The molecule has 1 fully saturated rings. The highest BCUT2D eigenvalue weighted by atomic mass is 16.6. The van der Waals surface area contributed by atoms with Gasteiger partial charge < -0.3 is 26.8 Å². The number of nitrogens with zero attached hydrogens (tertiary/aromatic N) is 1. The number of hydrogen-bond acceptors (Lipinski definition) is 6. The molecule has 4 atom stereocenters. The van der Waals surface area contributed by atoms with Crippen LogP contribution in [-0.2, 0) is 23.9 Å². The summed E-state index contributed by atoms with van der Waals surface area (Å²) in [6, 6.07) is -1.41. The van der Waals surface area contributed by atoms with Crippen LogP contribution in [0.5, 0.6) is 0 Å². The Morgan fingerprint density at radius 1 is 1.00 bits per heavy atom. The molecule has 34 heavy (non-hydrogen) atoms. The zero-order valence-electron chi connectivity index (χ0n) is 21.5. The Balaban J connectivity index is 2.96. The van der Waals surface area contributed by atoms with Gasteiger partial charge in [0, 0.05) is 25.8 Å². The van der Waals surface area contributed by atoms with E-state index >= 15 is 0 Å². The average Bonchev–Trinajstić information content (AvgIpc) is 3.45. The van der Waals surface area contributed by atoms with Gasteiger partial charge in [-0.2, -0.15) is 0 Å². The Morgan fingerprint density at radius 3 is 2.06 bits per heavy atom. The molecule has 0 spiro atoms. The summed E-state index contributed by atoms with van der Waals surface area (Å²) in [5.41, 5.74) is 9.82. The maximum Gasteiger partial charge on any atom is 0.224 e. The number of rotatable bonds is 16. The quantitative estimate of drug-likeness (QED) is 0.110. The van der Waals surface area contributed by atoms with Crippen molar-refractivity contribution in [3.63, 3.8) is 0 Å². The van der Waals surface area contributed by atoms with Gasteiger partial charge in [0.05, 0.1) is 18.7 Å². The predicted molar refractivity (Wildman–Crippen MR) is 131 cm³/mol. The van der Waals surface area contributed by atoms with E-state index in [9.17, 15) is 19.2 Å². The number of hydrogen-bond donors (Lipinski definition) is 4. The number of nitrogens with one attached hydrogen (secondary N) is 2. The highest BCUT2D eigenvalue weighted by Crippen LogP contribution is 2.29. The monoisotopic (exact) mass is 481 g/mol. The van der Waals surface area contributed by atoms with Crippen LogP contribution in [0.3, 0.4) is 0 Å². The van der Waals surface area contributed by atoms with Gasteiger partial charge >= 0.3 is 0 Å². The van der Waals surface area contributed by atoms with Gasteiger partial charge in [0.1, 0.15) is 5.60 Å². The molecule has 10 heteroatoms. The van der Waals surface area contributed by atoms with Crippen LogP contribution in [0.1, 0.15) is 73.6 Å². The maximum absolute atomic E-state index is 13.3. The molecule has 0 aliphatic carbocycles. The lowest BCUT2D eigenvalue weighted by atomic mass is 9.87. The van der Waals surface area contributed by atoms with E-state index in [4.69, 9.17) is 16.2 Å². The summed E-state index contributed by atoms with van der Waals surface area (Å²) in [5, 5.41) is 5.58. The maximum atomic E-state index is 13.3. The van der Waals surface area contributed by atoms with Crippen molar-refractivity contribution in [2.75, 3.05) is 13.2 Å². The predicted octanol–water partition coefficient (Wildman–Crippen LogP) is 1.06. The lowest BCUT2D eigenvalue weighted by molar-refractivity contribution is -0.135. The van der Waals surface area contributed by atoms with E-state index in [-0.39, 0.29) is 47.6 Å². The van der Waals surface area contributed by atoms with Crippen LogP contribution in [0.4, 0.5) is 0 Å². The second kappa shape index (κ2) is 13.4. The first-order chi connectivity index (χ1) is 15.7. The fourth-order valence-electron chi connectivity index (χ4n) is 3.91. The first-order valence-electron chi connectivity index (χ1n) is 12.1. The Labute approximate surface area is 203 Å². The summed E-state index contributed by atoms with van der Waals surface area (Å²) in [6.07, 6.45) is 1.82. The number of ketones is 2. The van der Waals surface area contributed by atoms with Crippen LogP contribution < -0.4 is 22.1 Å². The Hall–Kier alpha value is -2.49. The molecule has 10 nitrogen and oxygen atoms in total. The molecule has 0 aromatic heterocycles. The van der Waals surface area contributed by atoms with Crippen LogP contribution in [0.2, 0.25) is 0 Å². The van der Waals surface area contributed by atoms with Crippen LogP contribution in [0.25, 0.3) is 0 Å². The van der Waals surface area contributed by atoms with Crippen molar-refractivity contribution in [1.29, 1.82) is 0 Å². The number of Topliss-reactive ketones (excluding diaryl/α,β-unsaturated/α-hetero) is 2. The van der Waals surface area contributed by atoms with E-state index in [0.29, 0.717) is 38.8 Å². The zero-order valence-corrected chi connectivity index (χ0v) is 21.5. The minimum atomic E-state index is -0.898. The second-order valence-corrected chi connectivity index (χ2v) is 10.3. The van der Waals surface area contributed by atoms with Gasteiger partial charge in [0.15, 0.2) is 17.5 Å². The van der Waals surface area contributed by atoms with E-state index in [1.807, 2.05) is 27.7 Å². The molecule has 1 rings (SSSR count). The molecule has 0 aromatic carbocycles. The normalized spacial score (nSPS) is 19.8. The van der Waals surface area contributed by atoms with Crippen molar-refractivity contribution >= 4 is 29.3 Å². The Bertz CT molecular complexity index is 757. The molecular formula is C24H43N5O5. The standard InChI is InChI=1S/C24H43N5O5/c1-14(2)10-17(12-20(31)19(11-15(3)4)28-16(5)30)22(33)29-18(8-7-9-27-23(25)26)21(32)24(6)13-34-24/h14-15,17-19H,7-13H2,1-6H3,(H,28,30)(H,29,33)(H4,25,26,27)/t17-,18+,19+,24-/m1/s1. The summed E-state index contributed by atoms with van der Waals surface area (Å²) in [7, 11) is 0. The third-order valence-corrected chi connectivity index (χ3v) is 5.72. The van der Waals surface area contributed by atoms with E-state index in [2.05, 4.69) is 15.6 Å². The van der Waals surface area contributed by atoms with Crippen LogP contribution in [0, 0.1) is 17.8 Å². The Morgan fingerprint density at radius 2 is 1.59 bits per heavy atom. The molecule has 1 saturated heterocycles. The molecule has 0 radical (unpaired) electrons. The zero-order chi connectivity index (χ0) is 26.1. The highest BCUT2D eigenvalue weighted by Gasteiger charge is 2.50. The summed E-state index contributed by atoms with van der Waals surface area (Å²) < 4.78 is 5.30. The number of ether oxygens (including phenoxy) is 1. The van der Waals surface area contributed by atoms with Gasteiger partial charge in [-0.3, -0.25) is 24.2 Å². The van der Waals surface area contributed by atoms with Gasteiger partial charge in [-0.05, 0) is 44.4 Å². The van der Waals surface area contributed by atoms with E-state index in [0.717, 1.165) is 0 Å². The third kappa shape index (κ3) is 10.6. The summed E-state index contributed by atoms with van der Waals surface area (Å²) in [5.74, 6) is -1.30. The van der Waals surface area contributed by atoms with E-state index in [1.165, 1.54) is 6.92 Å². The largest absolute Gasteiger partial charge is 0.370 e. The van der Waals surface area contributed by atoms with Crippen molar-refractivity contribution in [3.05, 3.63) is 0 Å². The van der Waals surface area contributed by atoms with Crippen molar-refractivity contribution in [3.8, 4) is 0 Å².